The molecule has 2 atom stereocenters. The lowest BCUT2D eigenvalue weighted by Gasteiger charge is -2.22. The third-order valence-corrected chi connectivity index (χ3v) is 5.31. The van der Waals surface area contributed by atoms with Crippen molar-refractivity contribution in [3.63, 3.8) is 0 Å². The highest BCUT2D eigenvalue weighted by molar-refractivity contribution is 6.62. The van der Waals surface area contributed by atoms with Crippen LogP contribution in [-0.2, 0) is 20.8 Å². The van der Waals surface area contributed by atoms with Crippen LogP contribution >= 0.6 is 0 Å². The average Bonchev–Trinajstić information content (AvgIpc) is 2.99. The monoisotopic (exact) mass is 413 g/mol. The van der Waals surface area contributed by atoms with Crippen molar-refractivity contribution in [2.45, 2.75) is 46.4 Å². The minimum atomic E-state index is -1.08. The first-order valence-corrected chi connectivity index (χ1v) is 9.88. The van der Waals surface area contributed by atoms with Gasteiger partial charge in [0.2, 0.25) is 0 Å². The molecule has 0 aliphatic carbocycles. The lowest BCUT2D eigenvalue weighted by Crippen LogP contribution is -2.46. The van der Waals surface area contributed by atoms with Crippen molar-refractivity contribution < 1.29 is 28.4 Å². The number of fused-ring (bicyclic) bond motifs is 1. The molecule has 3 rings (SSSR count). The van der Waals surface area contributed by atoms with Crippen LogP contribution in [-0.4, -0.2) is 30.1 Å². The Hall–Kier alpha value is -2.71. The van der Waals surface area contributed by atoms with E-state index in [4.69, 9.17) is 9.39 Å². The van der Waals surface area contributed by atoms with Crippen molar-refractivity contribution in [2.24, 2.45) is 5.92 Å². The molecule has 30 heavy (non-hydrogen) atoms. The number of benzene rings is 2. The number of carbonyl (C=O) groups excluding carboxylic acids is 2. The maximum atomic E-state index is 13.0. The first-order valence-electron chi connectivity index (χ1n) is 9.88. The second-order valence-corrected chi connectivity index (χ2v) is 7.80. The van der Waals surface area contributed by atoms with Gasteiger partial charge in [-0.1, -0.05) is 32.0 Å². The summed E-state index contributed by atoms with van der Waals surface area (Å²) in [6, 6.07) is 8.23. The van der Waals surface area contributed by atoms with E-state index in [1.165, 1.54) is 24.3 Å². The summed E-state index contributed by atoms with van der Waals surface area (Å²) in [6.45, 7) is 7.17. The summed E-state index contributed by atoms with van der Waals surface area (Å²) in [5.74, 6) is -1.58. The molecule has 0 saturated carbocycles. The number of amides is 1. The third-order valence-electron chi connectivity index (χ3n) is 5.31. The molecular weight excluding hydrogens is 388 g/mol. The maximum absolute atomic E-state index is 13.0. The molecule has 158 valence electrons. The Morgan fingerprint density at radius 2 is 1.90 bits per heavy atom. The summed E-state index contributed by atoms with van der Waals surface area (Å²) in [6.07, 6.45) is -0.254. The van der Waals surface area contributed by atoms with E-state index < -0.39 is 25.0 Å². The van der Waals surface area contributed by atoms with E-state index in [2.05, 4.69) is 5.32 Å². The van der Waals surface area contributed by atoms with Crippen LogP contribution in [0, 0.1) is 18.7 Å². The molecule has 1 aliphatic heterocycles. The Morgan fingerprint density at radius 3 is 2.53 bits per heavy atom. The molecule has 1 amide bonds. The average molecular weight is 413 g/mol. The molecule has 0 fully saturated rings. The Labute approximate surface area is 175 Å². The van der Waals surface area contributed by atoms with Crippen LogP contribution in [0.3, 0.4) is 0 Å². The van der Waals surface area contributed by atoms with Crippen LogP contribution in [0.2, 0.25) is 0 Å². The molecule has 6 nitrogen and oxygen atoms in total. The molecule has 0 aromatic heterocycles. The summed E-state index contributed by atoms with van der Waals surface area (Å²) in [5.41, 5.74) is 3.06. The SMILES string of the molecule is Cc1c(C(=O)NC(C(=O)OCc2ccc(F)cc2)C(C)C)ccc2c1B(O)OC2C. The largest absolute Gasteiger partial charge is 0.492 e. The van der Waals surface area contributed by atoms with Crippen LogP contribution < -0.4 is 10.8 Å². The van der Waals surface area contributed by atoms with Crippen LogP contribution in [0.4, 0.5) is 4.39 Å². The molecule has 0 radical (unpaired) electrons. The molecule has 0 spiro atoms. The second-order valence-electron chi connectivity index (χ2n) is 7.80. The number of rotatable bonds is 6. The molecule has 2 aromatic rings. The van der Waals surface area contributed by atoms with Gasteiger partial charge in [0.15, 0.2) is 0 Å². The van der Waals surface area contributed by atoms with Crippen LogP contribution in [0.15, 0.2) is 36.4 Å². The first kappa shape index (κ1) is 22.0. The third kappa shape index (κ3) is 4.55. The van der Waals surface area contributed by atoms with Gasteiger partial charge in [0, 0.05) is 5.56 Å². The van der Waals surface area contributed by atoms with Crippen LogP contribution in [0.5, 0.6) is 0 Å². The number of hydrogen-bond acceptors (Lipinski definition) is 5. The Morgan fingerprint density at radius 1 is 1.23 bits per heavy atom. The number of halogens is 1. The molecule has 0 saturated heterocycles. The van der Waals surface area contributed by atoms with Crippen LogP contribution in [0.25, 0.3) is 0 Å². The number of ether oxygens (including phenoxy) is 1. The Balaban J connectivity index is 1.72. The lowest BCUT2D eigenvalue weighted by molar-refractivity contribution is -0.148. The highest BCUT2D eigenvalue weighted by atomic mass is 19.1. The summed E-state index contributed by atoms with van der Waals surface area (Å²) in [4.78, 5) is 25.5. The zero-order chi connectivity index (χ0) is 22.0. The van der Waals surface area contributed by atoms with Gasteiger partial charge in [0.25, 0.3) is 5.91 Å². The van der Waals surface area contributed by atoms with E-state index in [9.17, 15) is 19.0 Å². The van der Waals surface area contributed by atoms with Crippen molar-refractivity contribution in [3.05, 3.63) is 64.5 Å². The fraction of sp³-hybridized carbons (Fsp3) is 0.364. The fourth-order valence-electron chi connectivity index (χ4n) is 3.55. The van der Waals surface area contributed by atoms with Gasteiger partial charge in [0.1, 0.15) is 18.5 Å². The number of nitrogens with one attached hydrogen (secondary N) is 1. The van der Waals surface area contributed by atoms with Gasteiger partial charge >= 0.3 is 13.1 Å². The van der Waals surface area contributed by atoms with Crippen LogP contribution in [0.1, 0.15) is 53.9 Å². The van der Waals surface area contributed by atoms with Crippen molar-refractivity contribution in [1.82, 2.24) is 5.32 Å². The molecular formula is C22H25BFNO5. The Bertz CT molecular complexity index is 947. The van der Waals surface area contributed by atoms with E-state index in [0.717, 1.165) is 5.56 Å². The van der Waals surface area contributed by atoms with Gasteiger partial charge in [-0.25, -0.2) is 9.18 Å². The highest BCUT2D eigenvalue weighted by Gasteiger charge is 2.36. The first-order chi connectivity index (χ1) is 14.2. The van der Waals surface area contributed by atoms with E-state index in [1.54, 1.807) is 32.9 Å². The zero-order valence-electron chi connectivity index (χ0n) is 17.4. The zero-order valence-corrected chi connectivity index (χ0v) is 17.4. The normalized spacial score (nSPS) is 16.4. The van der Waals surface area contributed by atoms with Gasteiger partial charge in [-0.15, -0.1) is 0 Å². The minimum absolute atomic E-state index is 0.0164. The van der Waals surface area contributed by atoms with Gasteiger partial charge in [-0.3, -0.25) is 4.79 Å². The summed E-state index contributed by atoms with van der Waals surface area (Å²) >= 11 is 0. The summed E-state index contributed by atoms with van der Waals surface area (Å²) < 4.78 is 23.7. The predicted molar refractivity (Wildman–Crippen MR) is 111 cm³/mol. The lowest BCUT2D eigenvalue weighted by atomic mass is 9.75. The topological polar surface area (TPSA) is 84.9 Å². The highest BCUT2D eigenvalue weighted by Crippen LogP contribution is 2.25. The van der Waals surface area contributed by atoms with Gasteiger partial charge < -0.3 is 19.7 Å². The van der Waals surface area contributed by atoms with E-state index in [-0.39, 0.29) is 24.4 Å². The number of carbonyl (C=O) groups is 2. The molecule has 1 aliphatic rings. The number of hydrogen-bond donors (Lipinski definition) is 2. The van der Waals surface area contributed by atoms with Crippen molar-refractivity contribution in [3.8, 4) is 0 Å². The fourth-order valence-corrected chi connectivity index (χ4v) is 3.55. The van der Waals surface area contributed by atoms with E-state index in [0.29, 0.717) is 22.2 Å². The molecule has 1 heterocycles. The second kappa shape index (κ2) is 8.98. The molecule has 2 N–H and O–H groups in total. The molecule has 8 heteroatoms. The molecule has 0 bridgehead atoms. The number of esters is 1. The standard InChI is InChI=1S/C22H25BFNO5/c1-12(2)20(22(27)29-11-15-5-7-16(24)8-6-15)25-21(26)17-9-10-18-14(4)30-23(28)19(18)13(17)3/h5-10,12,14,20,28H,11H2,1-4H3,(H,25,26). The summed E-state index contributed by atoms with van der Waals surface area (Å²) in [7, 11) is -1.08. The van der Waals surface area contributed by atoms with Gasteiger partial charge in [0.05, 0.1) is 6.10 Å². The smallest absolute Gasteiger partial charge is 0.459 e. The maximum Gasteiger partial charge on any atom is 0.492 e. The molecule has 2 unspecified atom stereocenters. The van der Waals surface area contributed by atoms with E-state index in [1.807, 2.05) is 6.92 Å². The summed E-state index contributed by atoms with van der Waals surface area (Å²) in [5, 5.41) is 12.9. The predicted octanol–water partition coefficient (Wildman–Crippen LogP) is 2.41. The Kier molecular flexibility index (Phi) is 6.58. The van der Waals surface area contributed by atoms with Crippen molar-refractivity contribution in [2.75, 3.05) is 0 Å². The minimum Gasteiger partial charge on any atom is -0.459 e. The molecule has 2 aromatic carbocycles. The quantitative estimate of drug-likeness (QED) is 0.561. The van der Waals surface area contributed by atoms with Gasteiger partial charge in [-0.2, -0.15) is 0 Å². The van der Waals surface area contributed by atoms with Crippen molar-refractivity contribution >= 4 is 24.5 Å². The van der Waals surface area contributed by atoms with Gasteiger partial charge in [-0.05, 0) is 60.1 Å². The van der Waals surface area contributed by atoms with E-state index >= 15 is 0 Å². The van der Waals surface area contributed by atoms with Crippen molar-refractivity contribution in [1.29, 1.82) is 0 Å².